The van der Waals surface area contributed by atoms with Gasteiger partial charge in [-0.05, 0) is 119 Å². The molecular weight excluding hydrogens is 488 g/mol. The van der Waals surface area contributed by atoms with E-state index in [0.717, 1.165) is 69.5 Å². The standard InChI is InChI=1S/C34H46O5/c1-25-7-11-30(12-8-25)34(36)39-32-21-17-28(18-22-32)27-13-15-29(16-14-27)33(35)38-24-6-4-3-5-23-37-31-19-9-26(2)10-20-31/h7-8,11-16,26,28,31-32H,3-6,9-10,17-24H2,1-2H3. The maximum absolute atomic E-state index is 12.5. The van der Waals surface area contributed by atoms with Crippen LogP contribution in [0.2, 0.25) is 0 Å². The van der Waals surface area contributed by atoms with E-state index in [1.165, 1.54) is 31.2 Å². The lowest BCUT2D eigenvalue weighted by Crippen LogP contribution is -2.24. The molecule has 2 aromatic rings. The van der Waals surface area contributed by atoms with Crippen molar-refractivity contribution in [1.29, 1.82) is 0 Å². The zero-order valence-corrected chi connectivity index (χ0v) is 23.9. The van der Waals surface area contributed by atoms with Gasteiger partial charge in [-0.1, -0.05) is 43.2 Å². The number of ether oxygens (including phenoxy) is 3. The number of benzene rings is 2. The normalized spacial score (nSPS) is 23.2. The Bertz CT molecular complexity index is 1010. The number of carbonyl (C=O) groups is 2. The number of rotatable bonds is 12. The van der Waals surface area contributed by atoms with Gasteiger partial charge in [0.15, 0.2) is 0 Å². The molecule has 212 valence electrons. The molecular formula is C34H46O5. The van der Waals surface area contributed by atoms with E-state index < -0.39 is 0 Å². The maximum Gasteiger partial charge on any atom is 0.338 e. The van der Waals surface area contributed by atoms with Gasteiger partial charge in [-0.3, -0.25) is 0 Å². The lowest BCUT2D eigenvalue weighted by Gasteiger charge is -2.28. The lowest BCUT2D eigenvalue weighted by atomic mass is 9.82. The fraction of sp³-hybridized carbons (Fsp3) is 0.588. The SMILES string of the molecule is Cc1ccc(C(=O)OC2CCC(c3ccc(C(=O)OCCCCCCOC4CCC(C)CC4)cc3)CC2)cc1. The number of hydrogen-bond donors (Lipinski definition) is 0. The number of esters is 2. The smallest absolute Gasteiger partial charge is 0.338 e. The van der Waals surface area contributed by atoms with E-state index in [0.29, 0.717) is 29.8 Å². The van der Waals surface area contributed by atoms with Gasteiger partial charge >= 0.3 is 11.9 Å². The third-order valence-electron chi connectivity index (χ3n) is 8.44. The van der Waals surface area contributed by atoms with Gasteiger partial charge < -0.3 is 14.2 Å². The minimum absolute atomic E-state index is 0.0300. The first-order valence-corrected chi connectivity index (χ1v) is 15.1. The fourth-order valence-electron chi connectivity index (χ4n) is 5.77. The van der Waals surface area contributed by atoms with Crippen LogP contribution in [0.25, 0.3) is 0 Å². The fourth-order valence-corrected chi connectivity index (χ4v) is 5.77. The molecule has 2 aromatic carbocycles. The third-order valence-corrected chi connectivity index (χ3v) is 8.44. The van der Waals surface area contributed by atoms with Crippen LogP contribution in [0.1, 0.15) is 122 Å². The topological polar surface area (TPSA) is 61.8 Å². The zero-order chi connectivity index (χ0) is 27.5. The summed E-state index contributed by atoms with van der Waals surface area (Å²) in [5.41, 5.74) is 3.58. The Labute approximate surface area is 234 Å². The van der Waals surface area contributed by atoms with Crippen molar-refractivity contribution in [2.75, 3.05) is 13.2 Å². The van der Waals surface area contributed by atoms with Gasteiger partial charge in [0.2, 0.25) is 0 Å². The average Bonchev–Trinajstić information content (AvgIpc) is 2.96. The molecule has 4 rings (SSSR count). The van der Waals surface area contributed by atoms with Gasteiger partial charge in [0, 0.05) is 6.61 Å². The summed E-state index contributed by atoms with van der Waals surface area (Å²) in [5.74, 6) is 0.804. The molecule has 0 atom stereocenters. The second kappa shape index (κ2) is 15.2. The molecule has 2 fully saturated rings. The van der Waals surface area contributed by atoms with Crippen molar-refractivity contribution in [3.05, 3.63) is 70.8 Å². The Morgan fingerprint density at radius 3 is 1.90 bits per heavy atom. The van der Waals surface area contributed by atoms with Crippen molar-refractivity contribution in [3.63, 3.8) is 0 Å². The molecule has 0 spiro atoms. The van der Waals surface area contributed by atoms with Gasteiger partial charge in [0.05, 0.1) is 23.8 Å². The molecule has 0 bridgehead atoms. The highest BCUT2D eigenvalue weighted by Crippen LogP contribution is 2.34. The Morgan fingerprint density at radius 2 is 1.23 bits per heavy atom. The first-order chi connectivity index (χ1) is 19.0. The van der Waals surface area contributed by atoms with E-state index in [2.05, 4.69) is 6.92 Å². The van der Waals surface area contributed by atoms with Crippen molar-refractivity contribution in [3.8, 4) is 0 Å². The van der Waals surface area contributed by atoms with E-state index in [-0.39, 0.29) is 18.0 Å². The molecule has 5 nitrogen and oxygen atoms in total. The highest BCUT2D eigenvalue weighted by Gasteiger charge is 2.25. The Balaban J connectivity index is 1.07. The van der Waals surface area contributed by atoms with Crippen LogP contribution >= 0.6 is 0 Å². The van der Waals surface area contributed by atoms with Crippen LogP contribution in [0.4, 0.5) is 0 Å². The largest absolute Gasteiger partial charge is 0.462 e. The summed E-state index contributed by atoms with van der Waals surface area (Å²) >= 11 is 0. The first-order valence-electron chi connectivity index (χ1n) is 15.1. The summed E-state index contributed by atoms with van der Waals surface area (Å²) in [6.45, 7) is 5.66. The molecule has 0 heterocycles. The minimum atomic E-state index is -0.247. The number of carbonyl (C=O) groups excluding carboxylic acids is 2. The third kappa shape index (κ3) is 9.49. The molecule has 0 aliphatic heterocycles. The molecule has 2 aliphatic carbocycles. The second-order valence-corrected chi connectivity index (χ2v) is 11.7. The number of unbranched alkanes of at least 4 members (excludes halogenated alkanes) is 3. The van der Waals surface area contributed by atoms with E-state index in [1.807, 2.05) is 55.5 Å². The summed E-state index contributed by atoms with van der Waals surface area (Å²) in [4.78, 5) is 24.9. The van der Waals surface area contributed by atoms with E-state index in [4.69, 9.17) is 14.2 Å². The number of aryl methyl sites for hydroxylation is 1. The van der Waals surface area contributed by atoms with Crippen LogP contribution in [-0.4, -0.2) is 37.4 Å². The lowest BCUT2D eigenvalue weighted by molar-refractivity contribution is 0.0176. The highest BCUT2D eigenvalue weighted by molar-refractivity contribution is 5.90. The van der Waals surface area contributed by atoms with E-state index in [9.17, 15) is 9.59 Å². The summed E-state index contributed by atoms with van der Waals surface area (Å²) in [6.07, 6.45) is 13.3. The van der Waals surface area contributed by atoms with Crippen molar-refractivity contribution >= 4 is 11.9 Å². The molecule has 2 saturated carbocycles. The molecule has 5 heteroatoms. The van der Waals surface area contributed by atoms with Crippen molar-refractivity contribution < 1.29 is 23.8 Å². The first kappa shape index (κ1) is 29.3. The predicted octanol–water partition coefficient (Wildman–Crippen LogP) is 8.19. The van der Waals surface area contributed by atoms with E-state index in [1.54, 1.807) is 0 Å². The van der Waals surface area contributed by atoms with Crippen LogP contribution in [0.15, 0.2) is 48.5 Å². The van der Waals surface area contributed by atoms with Crippen molar-refractivity contribution in [2.45, 2.75) is 109 Å². The molecule has 2 aliphatic rings. The Hall–Kier alpha value is -2.66. The predicted molar refractivity (Wildman–Crippen MR) is 154 cm³/mol. The molecule has 0 saturated heterocycles. The molecule has 0 N–H and O–H groups in total. The Kier molecular flexibility index (Phi) is 11.4. The van der Waals surface area contributed by atoms with Gasteiger partial charge in [0.1, 0.15) is 6.10 Å². The highest BCUT2D eigenvalue weighted by atomic mass is 16.5. The number of hydrogen-bond acceptors (Lipinski definition) is 5. The monoisotopic (exact) mass is 534 g/mol. The summed E-state index contributed by atoms with van der Waals surface area (Å²) in [6, 6.07) is 15.4. The van der Waals surface area contributed by atoms with Gasteiger partial charge in [-0.25, -0.2) is 9.59 Å². The van der Waals surface area contributed by atoms with Gasteiger partial charge in [0.25, 0.3) is 0 Å². The van der Waals surface area contributed by atoms with Crippen LogP contribution in [-0.2, 0) is 14.2 Å². The maximum atomic E-state index is 12.5. The average molecular weight is 535 g/mol. The summed E-state index contributed by atoms with van der Waals surface area (Å²) in [5, 5.41) is 0. The van der Waals surface area contributed by atoms with Crippen LogP contribution in [0.5, 0.6) is 0 Å². The molecule has 39 heavy (non-hydrogen) atoms. The molecule has 0 radical (unpaired) electrons. The quantitative estimate of drug-likeness (QED) is 0.203. The molecule has 0 aromatic heterocycles. The van der Waals surface area contributed by atoms with Gasteiger partial charge in [-0.2, -0.15) is 0 Å². The van der Waals surface area contributed by atoms with Crippen LogP contribution in [0, 0.1) is 12.8 Å². The Morgan fingerprint density at radius 1 is 0.667 bits per heavy atom. The van der Waals surface area contributed by atoms with E-state index >= 15 is 0 Å². The van der Waals surface area contributed by atoms with Crippen LogP contribution in [0.3, 0.4) is 0 Å². The van der Waals surface area contributed by atoms with Crippen molar-refractivity contribution in [2.24, 2.45) is 5.92 Å². The molecule has 0 amide bonds. The second-order valence-electron chi connectivity index (χ2n) is 11.7. The van der Waals surface area contributed by atoms with Gasteiger partial charge in [-0.15, -0.1) is 0 Å². The van der Waals surface area contributed by atoms with Crippen molar-refractivity contribution in [1.82, 2.24) is 0 Å². The summed E-state index contributed by atoms with van der Waals surface area (Å²) in [7, 11) is 0. The zero-order valence-electron chi connectivity index (χ0n) is 23.9. The molecule has 0 unspecified atom stereocenters. The minimum Gasteiger partial charge on any atom is -0.462 e. The summed E-state index contributed by atoms with van der Waals surface area (Å²) < 4.78 is 17.3. The van der Waals surface area contributed by atoms with Crippen LogP contribution < -0.4 is 0 Å².